The van der Waals surface area contributed by atoms with Gasteiger partial charge in [0.05, 0.1) is 0 Å². The van der Waals surface area contributed by atoms with E-state index in [1.165, 1.54) is 17.7 Å². The second-order valence-corrected chi connectivity index (χ2v) is 3.47. The number of hydrogen-bond acceptors (Lipinski definition) is 2. The summed E-state index contributed by atoms with van der Waals surface area (Å²) in [6.45, 7) is 0. The Bertz CT molecular complexity index is 270. The third-order valence-electron chi connectivity index (χ3n) is 2.46. The Morgan fingerprint density at radius 3 is 3.33 bits per heavy atom. The van der Waals surface area contributed by atoms with Crippen LogP contribution in [-0.2, 0) is 12.8 Å². The van der Waals surface area contributed by atoms with E-state index in [4.69, 9.17) is 5.73 Å². The maximum absolute atomic E-state index is 5.91. The fourth-order valence-electron chi connectivity index (χ4n) is 1.79. The van der Waals surface area contributed by atoms with Crippen LogP contribution < -0.4 is 5.73 Å². The Labute approximate surface area is 72.8 Å². The van der Waals surface area contributed by atoms with E-state index in [9.17, 15) is 0 Å². The minimum atomic E-state index is 0.321. The highest BCUT2D eigenvalue weighted by Crippen LogP contribution is 2.17. The van der Waals surface area contributed by atoms with Crippen LogP contribution in [0.5, 0.6) is 0 Å². The average molecular weight is 162 g/mol. The van der Waals surface area contributed by atoms with Crippen LogP contribution in [0.3, 0.4) is 0 Å². The summed E-state index contributed by atoms with van der Waals surface area (Å²) in [4.78, 5) is 4.35. The summed E-state index contributed by atoms with van der Waals surface area (Å²) in [6.07, 6.45) is 6.31. The van der Waals surface area contributed by atoms with Crippen molar-refractivity contribution in [2.24, 2.45) is 5.73 Å². The molecule has 0 fully saturated rings. The van der Waals surface area contributed by atoms with Gasteiger partial charge in [-0.25, -0.2) is 0 Å². The summed E-state index contributed by atoms with van der Waals surface area (Å²) in [5, 5.41) is 0. The van der Waals surface area contributed by atoms with Gasteiger partial charge in [-0.3, -0.25) is 4.98 Å². The molecule has 1 aliphatic rings. The molecule has 1 aromatic heterocycles. The topological polar surface area (TPSA) is 38.9 Å². The van der Waals surface area contributed by atoms with Gasteiger partial charge < -0.3 is 5.73 Å². The van der Waals surface area contributed by atoms with Crippen molar-refractivity contribution in [3.63, 3.8) is 0 Å². The van der Waals surface area contributed by atoms with Gasteiger partial charge in [0.25, 0.3) is 0 Å². The number of nitrogens with zero attached hydrogens (tertiary/aromatic N) is 1. The summed E-state index contributed by atoms with van der Waals surface area (Å²) in [5.41, 5.74) is 8.51. The highest BCUT2D eigenvalue weighted by Gasteiger charge is 2.13. The fraction of sp³-hybridized carbons (Fsp3) is 0.500. The van der Waals surface area contributed by atoms with E-state index < -0.39 is 0 Å². The van der Waals surface area contributed by atoms with Crippen LogP contribution in [0, 0.1) is 0 Å². The molecule has 2 N–H and O–H groups in total. The molecule has 64 valence electrons. The predicted octanol–water partition coefficient (Wildman–Crippen LogP) is 1.29. The van der Waals surface area contributed by atoms with Crippen LogP contribution in [0.2, 0.25) is 0 Å². The molecule has 2 heteroatoms. The van der Waals surface area contributed by atoms with Crippen LogP contribution in [0.25, 0.3) is 0 Å². The summed E-state index contributed by atoms with van der Waals surface area (Å²) in [6, 6.07) is 4.50. The van der Waals surface area contributed by atoms with Crippen LogP contribution in [0.4, 0.5) is 0 Å². The average Bonchev–Trinajstić information content (AvgIpc) is 2.25. The number of hydrogen-bond donors (Lipinski definition) is 1. The highest BCUT2D eigenvalue weighted by atomic mass is 14.7. The molecule has 0 aliphatic heterocycles. The summed E-state index contributed by atoms with van der Waals surface area (Å²) in [5.74, 6) is 0. The smallest absolute Gasteiger partial charge is 0.0450 e. The first-order valence-corrected chi connectivity index (χ1v) is 4.54. The molecule has 0 saturated heterocycles. The number of aromatic nitrogens is 1. The predicted molar refractivity (Wildman–Crippen MR) is 48.9 cm³/mol. The van der Waals surface area contributed by atoms with Crippen molar-refractivity contribution in [3.8, 4) is 0 Å². The fourth-order valence-corrected chi connectivity index (χ4v) is 1.79. The standard InChI is InChI=1S/C10H14N2/c11-9-5-1-3-8-4-2-6-12-10(8)7-9/h2,4,6,9H,1,3,5,7,11H2. The lowest BCUT2D eigenvalue weighted by molar-refractivity contribution is 0.599. The van der Waals surface area contributed by atoms with Crippen LogP contribution in [0.1, 0.15) is 24.1 Å². The molecule has 2 nitrogen and oxygen atoms in total. The third-order valence-corrected chi connectivity index (χ3v) is 2.46. The first kappa shape index (κ1) is 7.74. The van der Waals surface area contributed by atoms with E-state index in [0.29, 0.717) is 6.04 Å². The zero-order valence-electron chi connectivity index (χ0n) is 7.16. The van der Waals surface area contributed by atoms with E-state index in [1.807, 2.05) is 12.3 Å². The number of rotatable bonds is 0. The summed E-state index contributed by atoms with van der Waals surface area (Å²) >= 11 is 0. The molecule has 1 atom stereocenters. The lowest BCUT2D eigenvalue weighted by Crippen LogP contribution is -2.21. The number of nitrogens with two attached hydrogens (primary N) is 1. The zero-order chi connectivity index (χ0) is 8.39. The van der Waals surface area contributed by atoms with Crippen molar-refractivity contribution in [2.75, 3.05) is 0 Å². The molecule has 0 amide bonds. The van der Waals surface area contributed by atoms with Crippen LogP contribution in [-0.4, -0.2) is 11.0 Å². The van der Waals surface area contributed by atoms with E-state index in [0.717, 1.165) is 19.3 Å². The maximum Gasteiger partial charge on any atom is 0.0450 e. The van der Waals surface area contributed by atoms with Gasteiger partial charge in [-0.1, -0.05) is 6.07 Å². The van der Waals surface area contributed by atoms with Gasteiger partial charge in [0.2, 0.25) is 0 Å². The molecule has 0 radical (unpaired) electrons. The Morgan fingerprint density at radius 1 is 1.50 bits per heavy atom. The van der Waals surface area contributed by atoms with Gasteiger partial charge in [0.1, 0.15) is 0 Å². The van der Waals surface area contributed by atoms with E-state index >= 15 is 0 Å². The molecule has 0 spiro atoms. The Balaban J connectivity index is 2.31. The molecule has 1 unspecified atom stereocenters. The largest absolute Gasteiger partial charge is 0.327 e. The molecule has 12 heavy (non-hydrogen) atoms. The number of pyridine rings is 1. The molecular weight excluding hydrogens is 148 g/mol. The molecule has 2 rings (SSSR count). The van der Waals surface area contributed by atoms with E-state index in [-0.39, 0.29) is 0 Å². The van der Waals surface area contributed by atoms with Crippen LogP contribution in [0.15, 0.2) is 18.3 Å². The molecule has 1 aromatic rings. The number of aryl methyl sites for hydroxylation is 1. The number of fused-ring (bicyclic) bond motifs is 1. The van der Waals surface area contributed by atoms with E-state index in [2.05, 4.69) is 11.1 Å². The minimum Gasteiger partial charge on any atom is -0.327 e. The Hall–Kier alpha value is -0.890. The van der Waals surface area contributed by atoms with Crippen molar-refractivity contribution in [1.82, 2.24) is 4.98 Å². The molecule has 1 aliphatic carbocycles. The molecule has 0 bridgehead atoms. The normalized spacial score (nSPS) is 22.9. The Kier molecular flexibility index (Phi) is 2.09. The Morgan fingerprint density at radius 2 is 2.42 bits per heavy atom. The lowest BCUT2D eigenvalue weighted by Gasteiger charge is -2.06. The van der Waals surface area contributed by atoms with E-state index in [1.54, 1.807) is 0 Å². The van der Waals surface area contributed by atoms with Gasteiger partial charge in [0, 0.05) is 24.4 Å². The summed E-state index contributed by atoms with van der Waals surface area (Å²) < 4.78 is 0. The molecule has 0 saturated carbocycles. The van der Waals surface area contributed by atoms with Crippen LogP contribution >= 0.6 is 0 Å². The van der Waals surface area contributed by atoms with Crippen molar-refractivity contribution in [2.45, 2.75) is 31.7 Å². The first-order chi connectivity index (χ1) is 5.86. The van der Waals surface area contributed by atoms with Gasteiger partial charge in [-0.2, -0.15) is 0 Å². The van der Waals surface area contributed by atoms with Crippen molar-refractivity contribution in [3.05, 3.63) is 29.6 Å². The van der Waals surface area contributed by atoms with Crippen molar-refractivity contribution >= 4 is 0 Å². The highest BCUT2D eigenvalue weighted by molar-refractivity contribution is 5.22. The molecular formula is C10H14N2. The van der Waals surface area contributed by atoms with Gasteiger partial charge in [-0.05, 0) is 30.9 Å². The summed E-state index contributed by atoms with van der Waals surface area (Å²) in [7, 11) is 0. The van der Waals surface area contributed by atoms with Gasteiger partial charge in [0.15, 0.2) is 0 Å². The zero-order valence-corrected chi connectivity index (χ0v) is 7.16. The SMILES string of the molecule is NC1CCCc2cccnc2C1. The molecule has 0 aromatic carbocycles. The first-order valence-electron chi connectivity index (χ1n) is 4.54. The van der Waals surface area contributed by atoms with Gasteiger partial charge >= 0.3 is 0 Å². The molecule has 1 heterocycles. The quantitative estimate of drug-likeness (QED) is 0.584. The second-order valence-electron chi connectivity index (χ2n) is 3.47. The minimum absolute atomic E-state index is 0.321. The third kappa shape index (κ3) is 1.48. The van der Waals surface area contributed by atoms with Crippen molar-refractivity contribution in [1.29, 1.82) is 0 Å². The van der Waals surface area contributed by atoms with Gasteiger partial charge in [-0.15, -0.1) is 0 Å². The second kappa shape index (κ2) is 3.23. The van der Waals surface area contributed by atoms with Crippen molar-refractivity contribution < 1.29 is 0 Å². The monoisotopic (exact) mass is 162 g/mol. The lowest BCUT2D eigenvalue weighted by atomic mass is 10.1. The maximum atomic E-state index is 5.91.